The van der Waals surface area contributed by atoms with Crippen molar-refractivity contribution in [3.63, 3.8) is 0 Å². The van der Waals surface area contributed by atoms with Gasteiger partial charge >= 0.3 is 24.0 Å². The summed E-state index contributed by atoms with van der Waals surface area (Å²) in [6.07, 6.45) is 16.3. The molecule has 0 radical (unpaired) electrons. The monoisotopic (exact) mass is 1120 g/mol. The number of carboxylic acids is 1. The number of fused-ring (bicyclic) bond motifs is 2. The molecule has 0 amide bonds. The predicted octanol–water partition coefficient (Wildman–Crippen LogP) is 6.45. The molecule has 26 heteroatoms. The van der Waals surface area contributed by atoms with Gasteiger partial charge in [-0.25, -0.2) is 24.6 Å². The van der Waals surface area contributed by atoms with Crippen molar-refractivity contribution in [2.45, 2.75) is 117 Å². The lowest BCUT2D eigenvalue weighted by Crippen LogP contribution is -2.25. The molecule has 2 aliphatic carbocycles. The van der Waals surface area contributed by atoms with E-state index in [1.807, 2.05) is 55.1 Å². The number of ether oxygens (including phenoxy) is 3. The number of benzene rings is 2. The Morgan fingerprint density at radius 3 is 1.56 bits per heavy atom. The van der Waals surface area contributed by atoms with E-state index in [0.717, 1.165) is 74.5 Å². The molecule has 8 heterocycles. The van der Waals surface area contributed by atoms with Gasteiger partial charge < -0.3 is 48.6 Å². The maximum absolute atomic E-state index is 12.0. The topological polar surface area (TPSA) is 303 Å². The van der Waals surface area contributed by atoms with E-state index in [4.69, 9.17) is 23.0 Å². The van der Waals surface area contributed by atoms with Gasteiger partial charge in [0.2, 0.25) is 11.9 Å². The molecule has 4 aliphatic rings. The number of carbonyl (C=O) groups excluding carboxylic acids is 1. The van der Waals surface area contributed by atoms with Crippen LogP contribution < -0.4 is 29.9 Å². The number of hydrogen-bond acceptors (Lipinski definition) is 23. The Morgan fingerprint density at radius 2 is 1.10 bits per heavy atom. The highest BCUT2D eigenvalue weighted by molar-refractivity contribution is 5.75. The fourth-order valence-electron chi connectivity index (χ4n) is 10.3. The summed E-state index contributed by atoms with van der Waals surface area (Å²) in [6.45, 7) is 12.2. The van der Waals surface area contributed by atoms with Crippen LogP contribution in [0.5, 0.6) is 11.5 Å². The maximum atomic E-state index is 12.0. The molecular formula is C56H66N18O8. The Morgan fingerprint density at radius 1 is 0.634 bits per heavy atom. The van der Waals surface area contributed by atoms with Gasteiger partial charge in [-0.05, 0) is 126 Å². The SMILES string of the molecule is COc1ccc2c(c1)CC(Nc1ncc(-c3nnc(N4CCC(c5cn(CCC(C)(C)C(=O)O)nn5)C4)o3)cn1)C2.COc1ccc2c(c1)CC(Nc1ncc(-c3nnc(N4CCC(c5cn(COC(=O)C(C)(C)C)nn5)C4)o3)cn1)C2. The van der Waals surface area contributed by atoms with Crippen LogP contribution in [0.15, 0.2) is 82.4 Å². The van der Waals surface area contributed by atoms with Gasteiger partial charge in [0.25, 0.3) is 11.8 Å². The second-order valence-corrected chi connectivity index (χ2v) is 22.8. The van der Waals surface area contributed by atoms with E-state index in [1.165, 1.54) is 26.9 Å². The molecule has 0 spiro atoms. The normalized spacial score (nSPS) is 18.4. The van der Waals surface area contributed by atoms with E-state index in [9.17, 15) is 14.7 Å². The van der Waals surface area contributed by atoms with Crippen LogP contribution in [0.2, 0.25) is 0 Å². The van der Waals surface area contributed by atoms with Gasteiger partial charge in [-0.3, -0.25) is 14.3 Å². The number of carboxylic acid groups (broad SMARTS) is 1. The van der Waals surface area contributed by atoms with E-state index in [2.05, 4.69) is 95.9 Å². The molecule has 8 aromatic rings. The summed E-state index contributed by atoms with van der Waals surface area (Å²) in [7, 11) is 3.36. The number of nitrogens with zero attached hydrogens (tertiary/aromatic N) is 16. The summed E-state index contributed by atoms with van der Waals surface area (Å²) >= 11 is 0. The van der Waals surface area contributed by atoms with Crippen molar-refractivity contribution < 1.29 is 37.7 Å². The zero-order chi connectivity index (χ0) is 57.1. The molecule has 0 saturated carbocycles. The summed E-state index contributed by atoms with van der Waals surface area (Å²) in [5, 5.41) is 50.0. The van der Waals surface area contributed by atoms with Crippen molar-refractivity contribution >= 4 is 35.9 Å². The molecule has 428 valence electrons. The number of nitrogens with one attached hydrogen (secondary N) is 2. The molecule has 82 heavy (non-hydrogen) atoms. The number of aliphatic carboxylic acids is 1. The third kappa shape index (κ3) is 12.6. The van der Waals surface area contributed by atoms with Crippen LogP contribution in [0.25, 0.3) is 22.9 Å². The van der Waals surface area contributed by atoms with Crippen molar-refractivity contribution in [2.75, 3.05) is 60.8 Å². The third-order valence-corrected chi connectivity index (χ3v) is 15.3. The van der Waals surface area contributed by atoms with Crippen molar-refractivity contribution in [3.05, 3.63) is 107 Å². The number of aryl methyl sites for hydroxylation is 1. The van der Waals surface area contributed by atoms with Crippen LogP contribution in [0.3, 0.4) is 0 Å². The summed E-state index contributed by atoms with van der Waals surface area (Å²) in [6, 6.07) is 13.7. The van der Waals surface area contributed by atoms with Crippen molar-refractivity contribution in [3.8, 4) is 34.4 Å². The molecule has 26 nitrogen and oxygen atoms in total. The Bertz CT molecular complexity index is 3520. The predicted molar refractivity (Wildman–Crippen MR) is 297 cm³/mol. The maximum Gasteiger partial charge on any atom is 0.318 e. The summed E-state index contributed by atoms with van der Waals surface area (Å²) in [5.74, 6) is 2.79. The van der Waals surface area contributed by atoms with Crippen LogP contribution >= 0.6 is 0 Å². The van der Waals surface area contributed by atoms with E-state index in [1.54, 1.807) is 57.5 Å². The van der Waals surface area contributed by atoms with Gasteiger partial charge in [0.05, 0.1) is 53.8 Å². The standard InChI is InChI=1S/2C28H33N9O4/c1-28(2,3)25(38)40-16-37-15-23(32-35-37)18-7-8-36(14-18)27-34-33-24(41-27)20-12-29-26(30-13-20)31-21-9-17-5-6-22(39-4)11-19(17)10-21;1-28(2,25(38)39)7-9-37-16-23(32-35-37)18-6-8-36(15-18)27-34-33-24(41-27)20-13-29-26(30-14-20)31-21-10-17-4-5-22(40-3)12-19(17)11-21/h5-6,11-13,15,18,21H,7-10,14,16H2,1-4H3,(H,29,30,31);4-5,12-14,16,18,21H,6-11,15H2,1-3H3,(H,38,39)(H,29,30,31). The zero-order valence-corrected chi connectivity index (χ0v) is 46.9. The first-order valence-corrected chi connectivity index (χ1v) is 27.4. The lowest BCUT2D eigenvalue weighted by molar-refractivity contribution is -0.157. The molecule has 2 aromatic carbocycles. The number of esters is 1. The second kappa shape index (κ2) is 23.2. The molecule has 0 bridgehead atoms. The molecule has 2 fully saturated rings. The average Bonchev–Trinajstić information content (AvgIpc) is 4.35. The molecule has 3 N–H and O–H groups in total. The first kappa shape index (κ1) is 54.8. The number of aromatic nitrogens is 14. The molecule has 4 atom stereocenters. The highest BCUT2D eigenvalue weighted by Crippen LogP contribution is 2.34. The second-order valence-electron chi connectivity index (χ2n) is 22.8. The van der Waals surface area contributed by atoms with Gasteiger partial charge in [0.15, 0.2) is 6.73 Å². The third-order valence-electron chi connectivity index (χ3n) is 15.3. The quantitative estimate of drug-likeness (QED) is 0.0778. The van der Waals surface area contributed by atoms with Gasteiger partial charge in [0, 0.05) is 87.6 Å². The van der Waals surface area contributed by atoms with Crippen molar-refractivity contribution in [1.29, 1.82) is 0 Å². The fraction of sp³-hybridized carbons (Fsp3) is 0.464. The summed E-state index contributed by atoms with van der Waals surface area (Å²) < 4.78 is 31.2. The minimum absolute atomic E-state index is 0.0342. The lowest BCUT2D eigenvalue weighted by atomic mass is 9.90. The number of methoxy groups -OCH3 is 2. The van der Waals surface area contributed by atoms with Crippen LogP contribution in [-0.4, -0.2) is 140 Å². The highest BCUT2D eigenvalue weighted by Gasteiger charge is 2.33. The van der Waals surface area contributed by atoms with E-state index in [-0.39, 0.29) is 36.6 Å². The average molecular weight is 1120 g/mol. The molecule has 4 unspecified atom stereocenters. The van der Waals surface area contributed by atoms with Gasteiger partial charge in [-0.15, -0.1) is 20.4 Å². The molecule has 2 aliphatic heterocycles. The summed E-state index contributed by atoms with van der Waals surface area (Å²) in [4.78, 5) is 45.4. The lowest BCUT2D eigenvalue weighted by Gasteiger charge is -2.18. The first-order chi connectivity index (χ1) is 39.5. The zero-order valence-electron chi connectivity index (χ0n) is 46.9. The number of carbonyl (C=O) groups is 2. The van der Waals surface area contributed by atoms with E-state index in [0.29, 0.717) is 72.9 Å². The van der Waals surface area contributed by atoms with Crippen LogP contribution in [0, 0.1) is 10.8 Å². The number of anilines is 4. The van der Waals surface area contributed by atoms with Gasteiger partial charge in [0.1, 0.15) is 11.5 Å². The van der Waals surface area contributed by atoms with Crippen LogP contribution in [-0.2, 0) is 53.3 Å². The largest absolute Gasteiger partial charge is 0.497 e. The Kier molecular flexibility index (Phi) is 15.5. The van der Waals surface area contributed by atoms with E-state index >= 15 is 0 Å². The number of rotatable bonds is 18. The number of hydrogen-bond donors (Lipinski definition) is 3. The fourth-order valence-corrected chi connectivity index (χ4v) is 10.3. The first-order valence-electron chi connectivity index (χ1n) is 27.4. The Hall–Kier alpha value is -9.10. The smallest absolute Gasteiger partial charge is 0.318 e. The summed E-state index contributed by atoms with van der Waals surface area (Å²) in [5.41, 5.74) is 6.82. The molecule has 2 saturated heterocycles. The minimum atomic E-state index is -0.820. The molecule has 12 rings (SSSR count). The highest BCUT2D eigenvalue weighted by atomic mass is 16.5. The Balaban J connectivity index is 0.000000172. The molecule has 6 aromatic heterocycles. The van der Waals surface area contributed by atoms with Gasteiger partial charge in [-0.1, -0.05) is 32.8 Å². The van der Waals surface area contributed by atoms with Crippen LogP contribution in [0.1, 0.15) is 99.4 Å². The van der Waals surface area contributed by atoms with Crippen LogP contribution in [0.4, 0.5) is 23.9 Å². The van der Waals surface area contributed by atoms with Crippen molar-refractivity contribution in [2.24, 2.45) is 10.8 Å². The minimum Gasteiger partial charge on any atom is -0.497 e. The van der Waals surface area contributed by atoms with E-state index < -0.39 is 16.8 Å². The molecular weight excluding hydrogens is 1050 g/mol. The van der Waals surface area contributed by atoms with Gasteiger partial charge in [-0.2, -0.15) is 0 Å². The Labute approximate surface area is 472 Å². The van der Waals surface area contributed by atoms with Crippen molar-refractivity contribution in [1.82, 2.24) is 70.3 Å².